The zero-order valence-corrected chi connectivity index (χ0v) is 12.8. The first-order chi connectivity index (χ1) is 9.78. The average molecular weight is 273 g/mol. The van der Waals surface area contributed by atoms with Crippen LogP contribution in [0, 0.1) is 5.92 Å². The van der Waals surface area contributed by atoms with E-state index < -0.39 is 0 Å². The Balaban J connectivity index is 1.68. The zero-order chi connectivity index (χ0) is 13.9. The predicted octanol–water partition coefficient (Wildman–Crippen LogP) is 2.48. The van der Waals surface area contributed by atoms with Crippen molar-refractivity contribution in [2.24, 2.45) is 5.92 Å². The number of pyridine rings is 1. The lowest BCUT2D eigenvalue weighted by molar-refractivity contribution is 0.112. The zero-order valence-electron chi connectivity index (χ0n) is 12.8. The Morgan fingerprint density at radius 1 is 1.25 bits per heavy atom. The molecule has 3 nitrogen and oxygen atoms in total. The Bertz CT molecular complexity index is 406. The van der Waals surface area contributed by atoms with E-state index in [1.807, 2.05) is 12.4 Å². The van der Waals surface area contributed by atoms with E-state index >= 15 is 0 Å². The Kier molecular flexibility index (Phi) is 4.37. The van der Waals surface area contributed by atoms with Crippen molar-refractivity contribution < 1.29 is 0 Å². The topological polar surface area (TPSA) is 28.2 Å². The number of fused-ring (bicyclic) bond motifs is 2. The molecule has 0 radical (unpaired) electrons. The summed E-state index contributed by atoms with van der Waals surface area (Å²) in [5, 5.41) is 3.75. The monoisotopic (exact) mass is 273 g/mol. The fraction of sp³-hybridized carbons (Fsp3) is 0.706. The van der Waals surface area contributed by atoms with Crippen LogP contribution in [0.5, 0.6) is 0 Å². The van der Waals surface area contributed by atoms with E-state index in [0.29, 0.717) is 6.04 Å². The molecule has 20 heavy (non-hydrogen) atoms. The van der Waals surface area contributed by atoms with Crippen molar-refractivity contribution in [3.8, 4) is 0 Å². The summed E-state index contributed by atoms with van der Waals surface area (Å²) in [6, 6.07) is 6.61. The van der Waals surface area contributed by atoms with Gasteiger partial charge in [0.2, 0.25) is 0 Å². The van der Waals surface area contributed by atoms with Gasteiger partial charge in [-0.1, -0.05) is 6.92 Å². The van der Waals surface area contributed by atoms with E-state index in [-0.39, 0.29) is 0 Å². The highest BCUT2D eigenvalue weighted by atomic mass is 15.2. The molecule has 0 saturated carbocycles. The number of piperidine rings is 1. The highest BCUT2D eigenvalue weighted by molar-refractivity contribution is 5.12. The van der Waals surface area contributed by atoms with E-state index in [1.165, 1.54) is 31.2 Å². The van der Waals surface area contributed by atoms with Gasteiger partial charge in [-0.2, -0.15) is 0 Å². The number of nitrogens with zero attached hydrogens (tertiary/aromatic N) is 2. The van der Waals surface area contributed by atoms with Crippen molar-refractivity contribution in [1.29, 1.82) is 0 Å². The van der Waals surface area contributed by atoms with Gasteiger partial charge in [0.25, 0.3) is 0 Å². The van der Waals surface area contributed by atoms with Crippen molar-refractivity contribution in [2.75, 3.05) is 13.6 Å². The van der Waals surface area contributed by atoms with Crippen LogP contribution in [0.15, 0.2) is 24.5 Å². The Labute approximate surface area is 122 Å². The van der Waals surface area contributed by atoms with Crippen molar-refractivity contribution in [3.63, 3.8) is 0 Å². The largest absolute Gasteiger partial charge is 0.314 e. The molecule has 1 aromatic rings. The van der Waals surface area contributed by atoms with E-state index in [4.69, 9.17) is 0 Å². The van der Waals surface area contributed by atoms with Crippen LogP contribution in [-0.4, -0.2) is 41.6 Å². The predicted molar refractivity (Wildman–Crippen MR) is 82.7 cm³/mol. The van der Waals surface area contributed by atoms with Gasteiger partial charge in [0.15, 0.2) is 0 Å². The highest BCUT2D eigenvalue weighted by Crippen LogP contribution is 2.39. The normalized spacial score (nSPS) is 31.4. The quantitative estimate of drug-likeness (QED) is 0.893. The van der Waals surface area contributed by atoms with Gasteiger partial charge in [-0.15, -0.1) is 0 Å². The van der Waals surface area contributed by atoms with Crippen molar-refractivity contribution in [3.05, 3.63) is 30.1 Å². The van der Waals surface area contributed by atoms with E-state index in [1.54, 1.807) is 0 Å². The van der Waals surface area contributed by atoms with Gasteiger partial charge in [-0.25, -0.2) is 0 Å². The van der Waals surface area contributed by atoms with Crippen LogP contribution in [0.1, 0.15) is 38.2 Å². The van der Waals surface area contributed by atoms with Gasteiger partial charge in [0.05, 0.1) is 0 Å². The maximum atomic E-state index is 4.13. The summed E-state index contributed by atoms with van der Waals surface area (Å²) in [6.45, 7) is 3.29. The maximum absolute atomic E-state index is 4.13. The summed E-state index contributed by atoms with van der Waals surface area (Å²) in [4.78, 5) is 6.76. The van der Waals surface area contributed by atoms with Crippen molar-refractivity contribution in [2.45, 2.75) is 57.2 Å². The molecule has 2 fully saturated rings. The number of likely N-dealkylation sites (N-methyl/N-ethyl adjacent to an activating group) is 1. The third-order valence-electron chi connectivity index (χ3n) is 5.38. The molecule has 3 heteroatoms. The van der Waals surface area contributed by atoms with Gasteiger partial charge < -0.3 is 10.2 Å². The second-order valence-electron chi connectivity index (χ2n) is 6.51. The smallest absolute Gasteiger partial charge is 0.0270 e. The SMILES string of the molecule is CCNC(Cc1ccncc1)C1CC2CCC(C1)N2C. The maximum Gasteiger partial charge on any atom is 0.0270 e. The molecule has 3 heterocycles. The molecule has 0 aliphatic carbocycles. The fourth-order valence-electron chi connectivity index (χ4n) is 4.22. The van der Waals surface area contributed by atoms with Gasteiger partial charge in [0, 0.05) is 30.5 Å². The molecule has 3 rings (SSSR count). The molecule has 0 aromatic carbocycles. The number of hydrogen-bond acceptors (Lipinski definition) is 3. The van der Waals surface area contributed by atoms with Crippen LogP contribution < -0.4 is 5.32 Å². The molecular formula is C17H27N3. The minimum absolute atomic E-state index is 0.624. The molecular weight excluding hydrogens is 246 g/mol. The van der Waals surface area contributed by atoms with Gasteiger partial charge in [-0.05, 0) is 69.3 Å². The summed E-state index contributed by atoms with van der Waals surface area (Å²) in [5.41, 5.74) is 1.41. The Morgan fingerprint density at radius 2 is 1.90 bits per heavy atom. The van der Waals surface area contributed by atoms with E-state index in [0.717, 1.165) is 31.0 Å². The first-order valence-corrected chi connectivity index (χ1v) is 8.12. The standard InChI is InChI=1S/C17H27N3/c1-3-19-17(10-13-6-8-18-9-7-13)14-11-15-4-5-16(12-14)20(15)2/h6-9,14-17,19H,3-5,10-12H2,1-2H3. The van der Waals surface area contributed by atoms with E-state index in [9.17, 15) is 0 Å². The average Bonchev–Trinajstić information content (AvgIpc) is 2.69. The summed E-state index contributed by atoms with van der Waals surface area (Å²) >= 11 is 0. The van der Waals surface area contributed by atoms with Crippen LogP contribution in [0.2, 0.25) is 0 Å². The first-order valence-electron chi connectivity index (χ1n) is 8.12. The molecule has 110 valence electrons. The summed E-state index contributed by atoms with van der Waals surface area (Å²) in [6.07, 6.45) is 10.5. The molecule has 2 bridgehead atoms. The molecule has 3 atom stereocenters. The molecule has 2 aliphatic heterocycles. The second-order valence-corrected chi connectivity index (χ2v) is 6.51. The summed E-state index contributed by atoms with van der Waals surface area (Å²) in [5.74, 6) is 0.830. The van der Waals surface area contributed by atoms with Crippen molar-refractivity contribution >= 4 is 0 Å². The molecule has 3 unspecified atom stereocenters. The Morgan fingerprint density at radius 3 is 2.50 bits per heavy atom. The van der Waals surface area contributed by atoms with Crippen LogP contribution in [-0.2, 0) is 6.42 Å². The second kappa shape index (κ2) is 6.23. The van der Waals surface area contributed by atoms with Gasteiger partial charge >= 0.3 is 0 Å². The third-order valence-corrected chi connectivity index (χ3v) is 5.38. The van der Waals surface area contributed by atoms with Crippen LogP contribution in [0.4, 0.5) is 0 Å². The molecule has 1 aromatic heterocycles. The third kappa shape index (κ3) is 2.89. The molecule has 0 amide bonds. The fourth-order valence-corrected chi connectivity index (χ4v) is 4.22. The summed E-state index contributed by atoms with van der Waals surface area (Å²) < 4.78 is 0. The van der Waals surface area contributed by atoms with Crippen molar-refractivity contribution in [1.82, 2.24) is 15.2 Å². The first kappa shape index (κ1) is 14.0. The lowest BCUT2D eigenvalue weighted by Gasteiger charge is -2.40. The van der Waals surface area contributed by atoms with E-state index in [2.05, 4.69) is 41.3 Å². The summed E-state index contributed by atoms with van der Waals surface area (Å²) in [7, 11) is 2.32. The number of nitrogens with one attached hydrogen (secondary N) is 1. The van der Waals surface area contributed by atoms with Gasteiger partial charge in [0.1, 0.15) is 0 Å². The van der Waals surface area contributed by atoms with Gasteiger partial charge in [-0.3, -0.25) is 4.98 Å². The Hall–Kier alpha value is -0.930. The van der Waals surface area contributed by atoms with Crippen LogP contribution in [0.25, 0.3) is 0 Å². The lowest BCUT2D eigenvalue weighted by Crippen LogP contribution is -2.47. The van der Waals surface area contributed by atoms with Crippen LogP contribution >= 0.6 is 0 Å². The molecule has 0 spiro atoms. The molecule has 1 N–H and O–H groups in total. The highest BCUT2D eigenvalue weighted by Gasteiger charge is 2.40. The van der Waals surface area contributed by atoms with Crippen LogP contribution in [0.3, 0.4) is 0 Å². The minimum atomic E-state index is 0.624. The number of aromatic nitrogens is 1. The number of hydrogen-bond donors (Lipinski definition) is 1. The number of rotatable bonds is 5. The molecule has 2 aliphatic rings. The lowest BCUT2D eigenvalue weighted by atomic mass is 9.82. The molecule has 2 saturated heterocycles. The minimum Gasteiger partial charge on any atom is -0.314 e.